The number of amides is 1. The SMILES string of the molecule is CNCCNC(=O)C1CC1c1ccc(F)cc1F. The van der Waals surface area contributed by atoms with Gasteiger partial charge in [0.2, 0.25) is 5.91 Å². The van der Waals surface area contributed by atoms with Gasteiger partial charge in [-0.25, -0.2) is 8.78 Å². The number of benzene rings is 1. The first-order valence-corrected chi connectivity index (χ1v) is 6.00. The first kappa shape index (κ1) is 13.0. The lowest BCUT2D eigenvalue weighted by atomic mass is 10.1. The Balaban J connectivity index is 1.92. The van der Waals surface area contributed by atoms with Crippen LogP contribution in [0.25, 0.3) is 0 Å². The number of hydrogen-bond acceptors (Lipinski definition) is 2. The summed E-state index contributed by atoms with van der Waals surface area (Å²) in [7, 11) is 1.81. The number of likely N-dealkylation sites (N-methyl/N-ethyl adjacent to an activating group) is 1. The van der Waals surface area contributed by atoms with E-state index < -0.39 is 11.6 Å². The third kappa shape index (κ3) is 2.85. The smallest absolute Gasteiger partial charge is 0.223 e. The highest BCUT2D eigenvalue weighted by atomic mass is 19.1. The minimum atomic E-state index is -0.591. The fraction of sp³-hybridized carbons (Fsp3) is 0.462. The fourth-order valence-corrected chi connectivity index (χ4v) is 2.07. The van der Waals surface area contributed by atoms with Gasteiger partial charge in [0.25, 0.3) is 0 Å². The fourth-order valence-electron chi connectivity index (χ4n) is 2.07. The van der Waals surface area contributed by atoms with Crippen LogP contribution in [0.3, 0.4) is 0 Å². The van der Waals surface area contributed by atoms with Gasteiger partial charge in [0.15, 0.2) is 0 Å². The van der Waals surface area contributed by atoms with Crippen LogP contribution in [0, 0.1) is 17.6 Å². The highest BCUT2D eigenvalue weighted by Gasteiger charge is 2.45. The van der Waals surface area contributed by atoms with E-state index in [0.29, 0.717) is 25.1 Å². The van der Waals surface area contributed by atoms with Crippen LogP contribution in [-0.2, 0) is 4.79 Å². The molecule has 0 radical (unpaired) electrons. The third-order valence-electron chi connectivity index (χ3n) is 3.16. The number of carbonyl (C=O) groups excluding carboxylic acids is 1. The summed E-state index contributed by atoms with van der Waals surface area (Å²) in [5.41, 5.74) is 0.435. The molecule has 18 heavy (non-hydrogen) atoms. The summed E-state index contributed by atoms with van der Waals surface area (Å²) in [5.74, 6) is -1.50. The van der Waals surface area contributed by atoms with Crippen molar-refractivity contribution < 1.29 is 13.6 Å². The molecule has 1 aliphatic carbocycles. The van der Waals surface area contributed by atoms with Crippen LogP contribution in [0.1, 0.15) is 17.9 Å². The lowest BCUT2D eigenvalue weighted by molar-refractivity contribution is -0.122. The van der Waals surface area contributed by atoms with E-state index in [-0.39, 0.29) is 17.7 Å². The minimum Gasteiger partial charge on any atom is -0.355 e. The van der Waals surface area contributed by atoms with Crippen molar-refractivity contribution in [1.29, 1.82) is 0 Å². The van der Waals surface area contributed by atoms with Crippen LogP contribution in [0.5, 0.6) is 0 Å². The number of rotatable bonds is 5. The molecule has 0 saturated heterocycles. The molecule has 5 heteroatoms. The van der Waals surface area contributed by atoms with E-state index >= 15 is 0 Å². The molecule has 0 bridgehead atoms. The van der Waals surface area contributed by atoms with Crippen molar-refractivity contribution in [3.8, 4) is 0 Å². The zero-order valence-electron chi connectivity index (χ0n) is 10.2. The quantitative estimate of drug-likeness (QED) is 0.780. The van der Waals surface area contributed by atoms with E-state index in [1.54, 1.807) is 7.05 Å². The van der Waals surface area contributed by atoms with E-state index in [9.17, 15) is 13.6 Å². The Morgan fingerprint density at radius 1 is 1.39 bits per heavy atom. The van der Waals surface area contributed by atoms with Crippen molar-refractivity contribution in [3.63, 3.8) is 0 Å². The summed E-state index contributed by atoms with van der Waals surface area (Å²) >= 11 is 0. The van der Waals surface area contributed by atoms with Crippen LogP contribution < -0.4 is 10.6 Å². The molecule has 2 atom stereocenters. The second-order valence-electron chi connectivity index (χ2n) is 4.51. The van der Waals surface area contributed by atoms with Crippen molar-refractivity contribution >= 4 is 5.91 Å². The van der Waals surface area contributed by atoms with Crippen LogP contribution in [-0.4, -0.2) is 26.0 Å². The summed E-state index contributed by atoms with van der Waals surface area (Å²) in [4.78, 5) is 11.7. The second kappa shape index (κ2) is 5.44. The van der Waals surface area contributed by atoms with Gasteiger partial charge < -0.3 is 10.6 Å². The average Bonchev–Trinajstić information content (AvgIpc) is 3.09. The molecule has 1 saturated carbocycles. The molecule has 0 aromatic heterocycles. The number of hydrogen-bond donors (Lipinski definition) is 2. The lowest BCUT2D eigenvalue weighted by Gasteiger charge is -2.05. The predicted octanol–water partition coefficient (Wildman–Crippen LogP) is 1.40. The predicted molar refractivity (Wildman–Crippen MR) is 64.1 cm³/mol. The summed E-state index contributed by atoms with van der Waals surface area (Å²) in [6.07, 6.45) is 0.633. The van der Waals surface area contributed by atoms with Gasteiger partial charge >= 0.3 is 0 Å². The first-order valence-electron chi connectivity index (χ1n) is 6.00. The Hall–Kier alpha value is -1.49. The normalized spacial score (nSPS) is 21.7. The maximum absolute atomic E-state index is 13.5. The molecule has 3 nitrogen and oxygen atoms in total. The van der Waals surface area contributed by atoms with E-state index in [4.69, 9.17) is 0 Å². The minimum absolute atomic E-state index is 0.0565. The Morgan fingerprint density at radius 3 is 2.83 bits per heavy atom. The maximum Gasteiger partial charge on any atom is 0.223 e. The largest absolute Gasteiger partial charge is 0.355 e. The molecule has 2 N–H and O–H groups in total. The van der Waals surface area contributed by atoms with Crippen molar-refractivity contribution in [1.82, 2.24) is 10.6 Å². The zero-order valence-corrected chi connectivity index (χ0v) is 10.2. The van der Waals surface area contributed by atoms with Gasteiger partial charge in [-0.15, -0.1) is 0 Å². The number of carbonyl (C=O) groups is 1. The lowest BCUT2D eigenvalue weighted by Crippen LogP contribution is -2.31. The van der Waals surface area contributed by atoms with Crippen LogP contribution in [0.2, 0.25) is 0 Å². The molecule has 1 aromatic carbocycles. The zero-order chi connectivity index (χ0) is 13.1. The standard InChI is InChI=1S/C13H16F2N2O/c1-16-4-5-17-13(18)11-7-10(11)9-3-2-8(14)6-12(9)15/h2-3,6,10-11,16H,4-5,7H2,1H3,(H,17,18). The second-order valence-corrected chi connectivity index (χ2v) is 4.51. The summed E-state index contributed by atoms with van der Waals surface area (Å²) in [5, 5.41) is 5.70. The third-order valence-corrected chi connectivity index (χ3v) is 3.16. The maximum atomic E-state index is 13.5. The van der Waals surface area contributed by atoms with Crippen LogP contribution in [0.4, 0.5) is 8.78 Å². The summed E-state index contributed by atoms with van der Waals surface area (Å²) < 4.78 is 26.3. The van der Waals surface area contributed by atoms with E-state index in [1.165, 1.54) is 12.1 Å². The molecule has 98 valence electrons. The molecule has 0 spiro atoms. The Morgan fingerprint density at radius 2 is 2.17 bits per heavy atom. The first-order chi connectivity index (χ1) is 8.63. The highest BCUT2D eigenvalue weighted by molar-refractivity contribution is 5.82. The molecule has 0 aliphatic heterocycles. The van der Waals surface area contributed by atoms with Crippen LogP contribution >= 0.6 is 0 Å². The van der Waals surface area contributed by atoms with E-state index in [0.717, 1.165) is 6.07 Å². The van der Waals surface area contributed by atoms with Crippen molar-refractivity contribution in [2.75, 3.05) is 20.1 Å². The van der Waals surface area contributed by atoms with Crippen molar-refractivity contribution in [3.05, 3.63) is 35.4 Å². The average molecular weight is 254 g/mol. The van der Waals surface area contributed by atoms with Gasteiger partial charge in [0.05, 0.1) is 0 Å². The van der Waals surface area contributed by atoms with Gasteiger partial charge in [-0.3, -0.25) is 4.79 Å². The highest BCUT2D eigenvalue weighted by Crippen LogP contribution is 2.48. The Bertz CT molecular complexity index is 451. The molecule has 1 amide bonds. The number of halogens is 2. The monoisotopic (exact) mass is 254 g/mol. The topological polar surface area (TPSA) is 41.1 Å². The molecule has 1 aromatic rings. The molecular formula is C13H16F2N2O. The summed E-state index contributed by atoms with van der Waals surface area (Å²) in [6.45, 7) is 1.26. The molecule has 2 unspecified atom stereocenters. The molecule has 1 fully saturated rings. The molecule has 0 heterocycles. The number of nitrogens with one attached hydrogen (secondary N) is 2. The van der Waals surface area contributed by atoms with E-state index in [2.05, 4.69) is 10.6 Å². The van der Waals surface area contributed by atoms with Gasteiger partial charge in [-0.2, -0.15) is 0 Å². The molecular weight excluding hydrogens is 238 g/mol. The van der Waals surface area contributed by atoms with Gasteiger partial charge in [-0.1, -0.05) is 6.07 Å². The molecule has 1 aliphatic rings. The van der Waals surface area contributed by atoms with Crippen LogP contribution in [0.15, 0.2) is 18.2 Å². The van der Waals surface area contributed by atoms with Gasteiger partial charge in [-0.05, 0) is 31.0 Å². The van der Waals surface area contributed by atoms with Gasteiger partial charge in [0, 0.05) is 25.1 Å². The summed E-state index contributed by atoms with van der Waals surface area (Å²) in [6, 6.07) is 3.52. The molecule has 2 rings (SSSR count). The Labute approximate surface area is 105 Å². The van der Waals surface area contributed by atoms with Crippen molar-refractivity contribution in [2.24, 2.45) is 5.92 Å². The Kier molecular flexibility index (Phi) is 3.91. The van der Waals surface area contributed by atoms with Gasteiger partial charge in [0.1, 0.15) is 11.6 Å². The van der Waals surface area contributed by atoms with E-state index in [1.807, 2.05) is 0 Å². The van der Waals surface area contributed by atoms with Crippen molar-refractivity contribution in [2.45, 2.75) is 12.3 Å².